The van der Waals surface area contributed by atoms with E-state index in [-0.39, 0.29) is 6.54 Å². The van der Waals surface area contributed by atoms with Gasteiger partial charge in [-0.05, 0) is 36.7 Å². The molecule has 0 fully saturated rings. The first-order valence-electron chi connectivity index (χ1n) is 9.40. The van der Waals surface area contributed by atoms with Gasteiger partial charge in [0.15, 0.2) is 0 Å². The van der Waals surface area contributed by atoms with E-state index in [0.29, 0.717) is 35.8 Å². The topological polar surface area (TPSA) is 101 Å². The summed E-state index contributed by atoms with van der Waals surface area (Å²) >= 11 is 0. The lowest BCUT2D eigenvalue weighted by atomic mass is 10.1. The van der Waals surface area contributed by atoms with E-state index in [2.05, 4.69) is 5.32 Å². The third kappa shape index (κ3) is 4.20. The first-order chi connectivity index (χ1) is 14.5. The van der Waals surface area contributed by atoms with Crippen LogP contribution in [0.3, 0.4) is 0 Å². The van der Waals surface area contributed by atoms with Crippen LogP contribution in [0.2, 0.25) is 0 Å². The van der Waals surface area contributed by atoms with Gasteiger partial charge in [0.05, 0.1) is 24.8 Å². The number of nitrogens with zero attached hydrogens (tertiary/aromatic N) is 3. The molecule has 2 aromatic carbocycles. The SMILES string of the molecule is COc1ccc(CCNCc2c([N+](=O)[O-])c(=O)n(-c3ccccc3)n2C)c(OC)c1. The fourth-order valence-electron chi connectivity index (χ4n) is 3.36. The largest absolute Gasteiger partial charge is 0.497 e. The molecule has 3 rings (SSSR count). The van der Waals surface area contributed by atoms with Crippen LogP contribution in [0.5, 0.6) is 11.5 Å². The molecule has 1 aromatic heterocycles. The van der Waals surface area contributed by atoms with Crippen LogP contribution >= 0.6 is 0 Å². The van der Waals surface area contributed by atoms with Crippen molar-refractivity contribution in [2.45, 2.75) is 13.0 Å². The van der Waals surface area contributed by atoms with Crippen molar-refractivity contribution >= 4 is 5.69 Å². The predicted octanol–water partition coefficient (Wildman–Crippen LogP) is 2.43. The standard InChI is InChI=1S/C21H24N4O5/c1-23-18(14-22-12-11-15-9-10-17(29-2)13-19(15)30-3)20(25(27)28)21(26)24(23)16-7-5-4-6-8-16/h4-10,13,22H,11-12,14H2,1-3H3. The maximum absolute atomic E-state index is 12.7. The zero-order valence-corrected chi connectivity index (χ0v) is 17.1. The number of hydrogen-bond acceptors (Lipinski definition) is 6. The Morgan fingerprint density at radius 3 is 2.47 bits per heavy atom. The summed E-state index contributed by atoms with van der Waals surface area (Å²) in [5.41, 5.74) is 0.798. The Balaban J connectivity index is 1.78. The van der Waals surface area contributed by atoms with Crippen LogP contribution in [0.4, 0.5) is 5.69 Å². The minimum Gasteiger partial charge on any atom is -0.497 e. The van der Waals surface area contributed by atoms with Gasteiger partial charge in [0.25, 0.3) is 0 Å². The summed E-state index contributed by atoms with van der Waals surface area (Å²) in [6.45, 7) is 0.727. The minimum atomic E-state index is -0.651. The molecule has 1 heterocycles. The summed E-state index contributed by atoms with van der Waals surface area (Å²) in [5, 5.41) is 14.8. The van der Waals surface area contributed by atoms with E-state index in [4.69, 9.17) is 9.47 Å². The maximum atomic E-state index is 12.7. The molecule has 0 aliphatic heterocycles. The summed E-state index contributed by atoms with van der Waals surface area (Å²) in [6.07, 6.45) is 0.647. The van der Waals surface area contributed by atoms with E-state index in [1.807, 2.05) is 24.3 Å². The summed E-state index contributed by atoms with van der Waals surface area (Å²) < 4.78 is 13.4. The number of benzene rings is 2. The number of hydrogen-bond donors (Lipinski definition) is 1. The van der Waals surface area contributed by atoms with Crippen molar-refractivity contribution in [3.63, 3.8) is 0 Å². The molecule has 3 aromatic rings. The first kappa shape index (κ1) is 21.1. The van der Waals surface area contributed by atoms with Crippen molar-refractivity contribution < 1.29 is 14.4 Å². The molecule has 0 atom stereocenters. The number of rotatable bonds is 9. The molecule has 0 spiro atoms. The Morgan fingerprint density at radius 1 is 1.10 bits per heavy atom. The lowest BCUT2D eigenvalue weighted by Crippen LogP contribution is -2.21. The summed E-state index contributed by atoms with van der Waals surface area (Å²) in [7, 11) is 4.83. The second-order valence-electron chi connectivity index (χ2n) is 6.63. The quantitative estimate of drug-likeness (QED) is 0.329. The molecular formula is C21H24N4O5. The molecule has 0 aliphatic carbocycles. The third-order valence-corrected chi connectivity index (χ3v) is 4.90. The van der Waals surface area contributed by atoms with E-state index in [9.17, 15) is 14.9 Å². The van der Waals surface area contributed by atoms with Crippen LogP contribution in [0, 0.1) is 10.1 Å². The molecule has 30 heavy (non-hydrogen) atoms. The van der Waals surface area contributed by atoms with Gasteiger partial charge in [-0.3, -0.25) is 19.6 Å². The van der Waals surface area contributed by atoms with Crippen molar-refractivity contribution in [1.29, 1.82) is 0 Å². The van der Waals surface area contributed by atoms with Gasteiger partial charge >= 0.3 is 11.2 Å². The van der Waals surface area contributed by atoms with Crippen LogP contribution in [0.15, 0.2) is 53.3 Å². The van der Waals surface area contributed by atoms with E-state index < -0.39 is 16.2 Å². The summed E-state index contributed by atoms with van der Waals surface area (Å²) in [6, 6.07) is 14.4. The number of methoxy groups -OCH3 is 2. The van der Waals surface area contributed by atoms with Gasteiger partial charge in [0, 0.05) is 19.7 Å². The number of nitro groups is 1. The van der Waals surface area contributed by atoms with Gasteiger partial charge in [0.1, 0.15) is 17.2 Å². The molecule has 1 N–H and O–H groups in total. The molecule has 0 unspecified atom stereocenters. The monoisotopic (exact) mass is 412 g/mol. The smallest absolute Gasteiger partial charge is 0.357 e. The number of ether oxygens (including phenoxy) is 2. The molecule has 9 heteroatoms. The van der Waals surface area contributed by atoms with Crippen LogP contribution in [-0.2, 0) is 20.0 Å². The Hall–Kier alpha value is -3.59. The van der Waals surface area contributed by atoms with Gasteiger partial charge in [-0.1, -0.05) is 24.3 Å². The van der Waals surface area contributed by atoms with Crippen molar-refractivity contribution in [2.75, 3.05) is 20.8 Å². The highest BCUT2D eigenvalue weighted by Crippen LogP contribution is 2.24. The highest BCUT2D eigenvalue weighted by atomic mass is 16.6. The van der Waals surface area contributed by atoms with Gasteiger partial charge in [-0.25, -0.2) is 4.68 Å². The van der Waals surface area contributed by atoms with Crippen molar-refractivity contribution in [1.82, 2.24) is 14.7 Å². The predicted molar refractivity (Wildman–Crippen MR) is 113 cm³/mol. The van der Waals surface area contributed by atoms with Crippen LogP contribution < -0.4 is 20.3 Å². The highest BCUT2D eigenvalue weighted by molar-refractivity contribution is 5.41. The molecule has 9 nitrogen and oxygen atoms in total. The van der Waals surface area contributed by atoms with E-state index >= 15 is 0 Å². The molecule has 0 bridgehead atoms. The average molecular weight is 412 g/mol. The fraction of sp³-hybridized carbons (Fsp3) is 0.286. The molecule has 0 saturated carbocycles. The second-order valence-corrected chi connectivity index (χ2v) is 6.63. The number of nitrogens with one attached hydrogen (secondary N) is 1. The Kier molecular flexibility index (Phi) is 6.53. The molecule has 0 amide bonds. The highest BCUT2D eigenvalue weighted by Gasteiger charge is 2.28. The molecular weight excluding hydrogens is 388 g/mol. The lowest BCUT2D eigenvalue weighted by Gasteiger charge is -2.12. The van der Waals surface area contributed by atoms with Gasteiger partial charge in [-0.2, -0.15) is 0 Å². The molecule has 158 valence electrons. The second kappa shape index (κ2) is 9.27. The van der Waals surface area contributed by atoms with Crippen LogP contribution in [0.1, 0.15) is 11.3 Å². The zero-order valence-electron chi connectivity index (χ0n) is 17.1. The minimum absolute atomic E-state index is 0.181. The Morgan fingerprint density at radius 2 is 1.83 bits per heavy atom. The van der Waals surface area contributed by atoms with E-state index in [1.165, 1.54) is 9.36 Å². The summed E-state index contributed by atoms with van der Waals surface area (Å²) in [5.74, 6) is 1.42. The Labute approximate surface area is 173 Å². The molecule has 0 radical (unpaired) electrons. The van der Waals surface area contributed by atoms with Crippen LogP contribution in [0.25, 0.3) is 5.69 Å². The lowest BCUT2D eigenvalue weighted by molar-refractivity contribution is -0.386. The summed E-state index contributed by atoms with van der Waals surface area (Å²) in [4.78, 5) is 23.6. The van der Waals surface area contributed by atoms with Crippen LogP contribution in [-0.4, -0.2) is 35.1 Å². The first-order valence-corrected chi connectivity index (χ1v) is 9.40. The zero-order chi connectivity index (χ0) is 21.7. The molecule has 0 aliphatic rings. The van der Waals surface area contributed by atoms with Gasteiger partial charge < -0.3 is 14.8 Å². The molecule has 0 saturated heterocycles. The number of para-hydroxylation sites is 1. The maximum Gasteiger partial charge on any atom is 0.357 e. The average Bonchev–Trinajstić information content (AvgIpc) is 3.01. The van der Waals surface area contributed by atoms with E-state index in [1.54, 1.807) is 45.5 Å². The van der Waals surface area contributed by atoms with Crippen molar-refractivity contribution in [2.24, 2.45) is 7.05 Å². The van der Waals surface area contributed by atoms with Crippen molar-refractivity contribution in [3.8, 4) is 17.2 Å². The van der Waals surface area contributed by atoms with E-state index in [0.717, 1.165) is 5.56 Å². The van der Waals surface area contributed by atoms with Gasteiger partial charge in [-0.15, -0.1) is 0 Å². The Bertz CT molecular complexity index is 1090. The van der Waals surface area contributed by atoms with Crippen molar-refractivity contribution in [3.05, 3.63) is 80.3 Å². The van der Waals surface area contributed by atoms with Gasteiger partial charge in [0.2, 0.25) is 0 Å². The normalized spacial score (nSPS) is 10.8. The third-order valence-electron chi connectivity index (χ3n) is 4.90. The number of aromatic nitrogens is 2. The fourth-order valence-corrected chi connectivity index (χ4v) is 3.36.